The summed E-state index contributed by atoms with van der Waals surface area (Å²) in [6.45, 7) is 0. The minimum atomic E-state index is -1.97. The molecule has 0 saturated carbocycles. The van der Waals surface area contributed by atoms with Gasteiger partial charge in [-0.2, -0.15) is 0 Å². The summed E-state index contributed by atoms with van der Waals surface area (Å²) in [5.41, 5.74) is -0.324. The first-order valence-electron chi connectivity index (χ1n) is 5.61. The molecule has 0 radical (unpaired) electrons. The lowest BCUT2D eigenvalue weighted by Gasteiger charge is -2.08. The topological polar surface area (TPSA) is 127 Å². The molecule has 1 unspecified atom stereocenters. The third-order valence-electron chi connectivity index (χ3n) is 2.67. The highest BCUT2D eigenvalue weighted by atomic mass is 16.6. The molecule has 1 aromatic carbocycles. The number of methoxy groups -OCH3 is 1. The summed E-state index contributed by atoms with van der Waals surface area (Å²) in [5, 5.41) is 29.0. The first kappa shape index (κ1) is 15.6. The van der Waals surface area contributed by atoms with Crippen LogP contribution < -0.4 is 0 Å². The van der Waals surface area contributed by atoms with Crippen LogP contribution in [0.1, 0.15) is 23.7 Å². The lowest BCUT2D eigenvalue weighted by molar-refractivity contribution is -0.386. The number of hydrogen-bond donors (Lipinski definition) is 2. The van der Waals surface area contributed by atoms with Gasteiger partial charge in [0.25, 0.3) is 5.69 Å². The standard InChI is InChI=1S/C12H13NO7/c1-20-10(14)5-3-7-2-4-8(11(15)12(16)17)9(6-7)13(18)19/h2,4,6,11,15H,3,5H2,1H3,(H,16,17). The highest BCUT2D eigenvalue weighted by Gasteiger charge is 2.26. The lowest BCUT2D eigenvalue weighted by atomic mass is 10.0. The number of nitro groups is 1. The van der Waals surface area contributed by atoms with E-state index >= 15 is 0 Å². The monoisotopic (exact) mass is 283 g/mol. The van der Waals surface area contributed by atoms with Crippen molar-refractivity contribution in [1.82, 2.24) is 0 Å². The predicted octanol–water partition coefficient (Wildman–Crippen LogP) is 0.818. The van der Waals surface area contributed by atoms with Gasteiger partial charge in [0.15, 0.2) is 6.10 Å². The molecule has 2 N–H and O–H groups in total. The molecule has 8 nitrogen and oxygen atoms in total. The first-order valence-corrected chi connectivity index (χ1v) is 5.61. The third kappa shape index (κ3) is 3.75. The van der Waals surface area contributed by atoms with Gasteiger partial charge >= 0.3 is 11.9 Å². The summed E-state index contributed by atoms with van der Waals surface area (Å²) in [4.78, 5) is 31.8. The molecule has 0 aliphatic carbocycles. The van der Waals surface area contributed by atoms with Crippen molar-refractivity contribution in [2.24, 2.45) is 0 Å². The van der Waals surface area contributed by atoms with Crippen molar-refractivity contribution in [1.29, 1.82) is 0 Å². The summed E-state index contributed by atoms with van der Waals surface area (Å²) in [6, 6.07) is 3.74. The highest BCUT2D eigenvalue weighted by molar-refractivity contribution is 5.76. The Balaban J connectivity index is 3.04. The van der Waals surface area contributed by atoms with Gasteiger partial charge in [0.2, 0.25) is 0 Å². The van der Waals surface area contributed by atoms with Crippen molar-refractivity contribution in [2.75, 3.05) is 7.11 Å². The van der Waals surface area contributed by atoms with Crippen LogP contribution in [0.15, 0.2) is 18.2 Å². The summed E-state index contributed by atoms with van der Waals surface area (Å²) in [5.74, 6) is -2.03. The number of hydrogen-bond acceptors (Lipinski definition) is 6. The second-order valence-corrected chi connectivity index (χ2v) is 3.97. The molecule has 0 heterocycles. The molecule has 108 valence electrons. The van der Waals surface area contributed by atoms with Crippen LogP contribution in [0.4, 0.5) is 5.69 Å². The zero-order chi connectivity index (χ0) is 15.3. The average molecular weight is 283 g/mol. The molecule has 0 aliphatic rings. The zero-order valence-corrected chi connectivity index (χ0v) is 10.6. The van der Waals surface area contributed by atoms with Crippen LogP contribution in [-0.4, -0.2) is 34.2 Å². The van der Waals surface area contributed by atoms with E-state index < -0.39 is 28.7 Å². The zero-order valence-electron chi connectivity index (χ0n) is 10.6. The van der Waals surface area contributed by atoms with Crippen LogP contribution in [0.25, 0.3) is 0 Å². The van der Waals surface area contributed by atoms with Gasteiger partial charge in [0.05, 0.1) is 17.6 Å². The summed E-state index contributed by atoms with van der Waals surface area (Å²) < 4.78 is 4.45. The molecule has 0 spiro atoms. The number of carboxylic acids is 1. The van der Waals surface area contributed by atoms with Gasteiger partial charge < -0.3 is 14.9 Å². The Hall–Kier alpha value is -2.48. The van der Waals surface area contributed by atoms with Crippen molar-refractivity contribution in [3.63, 3.8) is 0 Å². The van der Waals surface area contributed by atoms with E-state index in [0.717, 1.165) is 6.07 Å². The van der Waals surface area contributed by atoms with E-state index in [0.29, 0.717) is 5.56 Å². The van der Waals surface area contributed by atoms with E-state index in [2.05, 4.69) is 4.74 Å². The van der Waals surface area contributed by atoms with E-state index in [4.69, 9.17) is 5.11 Å². The fraction of sp³-hybridized carbons (Fsp3) is 0.333. The van der Waals surface area contributed by atoms with Crippen LogP contribution in [-0.2, 0) is 20.7 Å². The van der Waals surface area contributed by atoms with Crippen LogP contribution >= 0.6 is 0 Å². The van der Waals surface area contributed by atoms with Gasteiger partial charge in [0.1, 0.15) is 0 Å². The highest BCUT2D eigenvalue weighted by Crippen LogP contribution is 2.27. The van der Waals surface area contributed by atoms with Crippen molar-refractivity contribution in [3.8, 4) is 0 Å². The van der Waals surface area contributed by atoms with Crippen LogP contribution in [0.2, 0.25) is 0 Å². The molecular weight excluding hydrogens is 270 g/mol. The Labute approximate surface area is 113 Å². The smallest absolute Gasteiger partial charge is 0.337 e. The lowest BCUT2D eigenvalue weighted by Crippen LogP contribution is -2.13. The maximum atomic E-state index is 11.0. The molecular formula is C12H13NO7. The Morgan fingerprint density at radius 3 is 2.60 bits per heavy atom. The van der Waals surface area contributed by atoms with Gasteiger partial charge in [-0.1, -0.05) is 6.07 Å². The molecule has 0 saturated heterocycles. The van der Waals surface area contributed by atoms with Crippen LogP contribution in [0.5, 0.6) is 0 Å². The predicted molar refractivity (Wildman–Crippen MR) is 66.0 cm³/mol. The molecule has 8 heteroatoms. The number of aliphatic hydroxyl groups is 1. The van der Waals surface area contributed by atoms with E-state index in [1.54, 1.807) is 0 Å². The summed E-state index contributed by atoms with van der Waals surface area (Å²) in [7, 11) is 1.23. The fourth-order valence-electron chi connectivity index (χ4n) is 1.62. The average Bonchev–Trinajstić information content (AvgIpc) is 2.43. The normalized spacial score (nSPS) is 11.7. The number of nitro benzene ring substituents is 1. The number of aryl methyl sites for hydroxylation is 1. The maximum Gasteiger partial charge on any atom is 0.337 e. The summed E-state index contributed by atoms with van der Waals surface area (Å²) >= 11 is 0. The number of aliphatic carboxylic acids is 1. The maximum absolute atomic E-state index is 11.0. The Kier molecular flexibility index (Phi) is 5.15. The number of aliphatic hydroxyl groups excluding tert-OH is 1. The molecule has 0 aromatic heterocycles. The number of carbonyl (C=O) groups excluding carboxylic acids is 1. The van der Waals surface area contributed by atoms with Gasteiger partial charge in [-0.3, -0.25) is 14.9 Å². The van der Waals surface area contributed by atoms with E-state index in [-0.39, 0.29) is 18.4 Å². The number of esters is 1. The Bertz CT molecular complexity index is 541. The Morgan fingerprint density at radius 2 is 2.10 bits per heavy atom. The number of ether oxygens (including phenoxy) is 1. The SMILES string of the molecule is COC(=O)CCc1ccc(C(O)C(=O)O)c([N+](=O)[O-])c1. The quantitative estimate of drug-likeness (QED) is 0.449. The van der Waals surface area contributed by atoms with Gasteiger partial charge in [-0.05, 0) is 18.1 Å². The van der Waals surface area contributed by atoms with Crippen molar-refractivity contribution in [3.05, 3.63) is 39.4 Å². The summed E-state index contributed by atoms with van der Waals surface area (Å²) in [6.07, 6.45) is -1.70. The molecule has 20 heavy (non-hydrogen) atoms. The molecule has 0 bridgehead atoms. The van der Waals surface area contributed by atoms with Crippen molar-refractivity contribution in [2.45, 2.75) is 18.9 Å². The number of carbonyl (C=O) groups is 2. The van der Waals surface area contributed by atoms with E-state index in [1.807, 2.05) is 0 Å². The fourth-order valence-corrected chi connectivity index (χ4v) is 1.62. The minimum Gasteiger partial charge on any atom is -0.479 e. The largest absolute Gasteiger partial charge is 0.479 e. The van der Waals surface area contributed by atoms with Gasteiger partial charge in [0, 0.05) is 12.5 Å². The third-order valence-corrected chi connectivity index (χ3v) is 2.67. The molecule has 1 aromatic rings. The molecule has 0 fully saturated rings. The van der Waals surface area contributed by atoms with Crippen molar-refractivity contribution >= 4 is 17.6 Å². The van der Waals surface area contributed by atoms with Gasteiger partial charge in [-0.15, -0.1) is 0 Å². The van der Waals surface area contributed by atoms with E-state index in [1.165, 1.54) is 19.2 Å². The molecule has 1 rings (SSSR count). The van der Waals surface area contributed by atoms with Crippen molar-refractivity contribution < 1.29 is 29.5 Å². The van der Waals surface area contributed by atoms with Crippen LogP contribution in [0, 0.1) is 10.1 Å². The van der Waals surface area contributed by atoms with E-state index in [9.17, 15) is 24.8 Å². The minimum absolute atomic E-state index is 0.0501. The number of benzene rings is 1. The first-order chi connectivity index (χ1) is 9.36. The number of rotatable bonds is 6. The second-order valence-electron chi connectivity index (χ2n) is 3.97. The Morgan fingerprint density at radius 1 is 1.45 bits per heavy atom. The van der Waals surface area contributed by atoms with Gasteiger partial charge in [-0.25, -0.2) is 4.79 Å². The molecule has 0 amide bonds. The number of nitrogens with zero attached hydrogens (tertiary/aromatic N) is 1. The molecule has 1 atom stereocenters. The number of carboxylic acid groups (broad SMARTS) is 1. The second kappa shape index (κ2) is 6.62. The molecule has 0 aliphatic heterocycles. The van der Waals surface area contributed by atoms with Crippen LogP contribution in [0.3, 0.4) is 0 Å².